The van der Waals surface area contributed by atoms with Gasteiger partial charge in [0.15, 0.2) is 0 Å². The Bertz CT molecular complexity index is 1530. The number of carbonyl (C=O) groups excluding carboxylic acids is 2. The Labute approximate surface area is 225 Å². The lowest BCUT2D eigenvalue weighted by Gasteiger charge is -2.00. The van der Waals surface area contributed by atoms with E-state index in [1.165, 1.54) is 18.6 Å². The molecule has 3 aromatic carbocycles. The van der Waals surface area contributed by atoms with Crippen LogP contribution in [0.3, 0.4) is 0 Å². The molecule has 7 heteroatoms. The summed E-state index contributed by atoms with van der Waals surface area (Å²) in [4.78, 5) is 21.9. The van der Waals surface area contributed by atoms with Gasteiger partial charge in [0.25, 0.3) is 0 Å². The van der Waals surface area contributed by atoms with Gasteiger partial charge in [0.05, 0.1) is 5.56 Å². The molecule has 0 bridgehead atoms. The summed E-state index contributed by atoms with van der Waals surface area (Å²) in [6.45, 7) is 6.57. The molecule has 0 aliphatic rings. The SMILES string of the molecule is C=CC(=O)OC=COc1ccc(C#Cc2ccc(C#Cc3ccc(OC=COC(=O)C=C)cc3)c(F)c2)cc1. The first-order chi connectivity index (χ1) is 19.0. The smallest absolute Gasteiger partial charge is 0.335 e. The number of ether oxygens (including phenoxy) is 4. The maximum Gasteiger partial charge on any atom is 0.335 e. The van der Waals surface area contributed by atoms with E-state index in [-0.39, 0.29) is 5.56 Å². The van der Waals surface area contributed by atoms with E-state index in [9.17, 15) is 14.0 Å². The fourth-order valence-electron chi connectivity index (χ4n) is 2.71. The molecule has 3 rings (SSSR count). The summed E-state index contributed by atoms with van der Waals surface area (Å²) in [5, 5.41) is 0. The van der Waals surface area contributed by atoms with Crippen LogP contribution >= 0.6 is 0 Å². The zero-order valence-electron chi connectivity index (χ0n) is 20.6. The van der Waals surface area contributed by atoms with Gasteiger partial charge in [0, 0.05) is 28.8 Å². The fraction of sp³-hybridized carbons (Fsp3) is 0. The number of esters is 2. The molecular weight excluding hydrogens is 499 g/mol. The first-order valence-corrected chi connectivity index (χ1v) is 11.3. The minimum atomic E-state index is -0.592. The summed E-state index contributed by atoms with van der Waals surface area (Å²) < 4.78 is 34.5. The Hall–Kier alpha value is -5.79. The predicted molar refractivity (Wildman–Crippen MR) is 143 cm³/mol. The van der Waals surface area contributed by atoms with E-state index < -0.39 is 17.8 Å². The van der Waals surface area contributed by atoms with Gasteiger partial charge in [-0.2, -0.15) is 0 Å². The van der Waals surface area contributed by atoms with Gasteiger partial charge in [0.1, 0.15) is 42.4 Å². The van der Waals surface area contributed by atoms with Crippen LogP contribution in [0, 0.1) is 29.5 Å². The maximum absolute atomic E-state index is 14.6. The van der Waals surface area contributed by atoms with Crippen molar-refractivity contribution in [1.82, 2.24) is 0 Å². The third-order valence-corrected chi connectivity index (χ3v) is 4.59. The second kappa shape index (κ2) is 14.7. The van der Waals surface area contributed by atoms with Gasteiger partial charge in [-0.1, -0.05) is 36.8 Å². The Balaban J connectivity index is 1.56. The Morgan fingerprint density at radius 1 is 0.615 bits per heavy atom. The van der Waals surface area contributed by atoms with Crippen molar-refractivity contribution in [2.75, 3.05) is 0 Å². The molecule has 39 heavy (non-hydrogen) atoms. The number of rotatable bonds is 8. The molecule has 0 atom stereocenters. The zero-order valence-corrected chi connectivity index (χ0v) is 20.6. The largest absolute Gasteiger partial charge is 0.462 e. The van der Waals surface area contributed by atoms with Crippen LogP contribution in [0.5, 0.6) is 11.5 Å². The van der Waals surface area contributed by atoms with E-state index in [0.717, 1.165) is 24.7 Å². The van der Waals surface area contributed by atoms with Crippen molar-refractivity contribution in [3.63, 3.8) is 0 Å². The van der Waals surface area contributed by atoms with Crippen LogP contribution in [0.4, 0.5) is 4.39 Å². The number of hydrogen-bond acceptors (Lipinski definition) is 6. The molecular formula is C32H21FO6. The van der Waals surface area contributed by atoms with Crippen LogP contribution in [0.2, 0.25) is 0 Å². The molecule has 0 N–H and O–H groups in total. The summed E-state index contributed by atoms with van der Waals surface area (Å²) in [5.74, 6) is 11.0. The average molecular weight is 521 g/mol. The molecule has 0 saturated heterocycles. The monoisotopic (exact) mass is 520 g/mol. The van der Waals surface area contributed by atoms with E-state index in [1.807, 2.05) is 0 Å². The Kier molecular flexibility index (Phi) is 10.5. The summed E-state index contributed by atoms with van der Waals surface area (Å²) >= 11 is 0. The molecule has 0 aliphatic heterocycles. The molecule has 0 amide bonds. The van der Waals surface area contributed by atoms with Gasteiger partial charge in [-0.25, -0.2) is 14.0 Å². The molecule has 0 fully saturated rings. The van der Waals surface area contributed by atoms with E-state index in [4.69, 9.17) is 9.47 Å². The lowest BCUT2D eigenvalue weighted by atomic mass is 10.1. The second-order valence-corrected chi connectivity index (χ2v) is 7.31. The van der Waals surface area contributed by atoms with Crippen LogP contribution in [-0.4, -0.2) is 11.9 Å². The van der Waals surface area contributed by atoms with Crippen molar-refractivity contribution in [2.24, 2.45) is 0 Å². The van der Waals surface area contributed by atoms with E-state index in [0.29, 0.717) is 28.2 Å². The fourth-order valence-corrected chi connectivity index (χ4v) is 2.71. The lowest BCUT2D eigenvalue weighted by Crippen LogP contribution is -1.93. The molecule has 0 aromatic heterocycles. The first kappa shape index (κ1) is 27.8. The molecule has 0 heterocycles. The van der Waals surface area contributed by atoms with Crippen molar-refractivity contribution in [3.05, 3.63) is 145 Å². The van der Waals surface area contributed by atoms with Gasteiger partial charge in [-0.15, -0.1) is 0 Å². The molecule has 192 valence electrons. The van der Waals surface area contributed by atoms with Crippen LogP contribution in [-0.2, 0) is 19.1 Å². The summed E-state index contributed by atoms with van der Waals surface area (Å²) in [6.07, 6.45) is 6.74. The van der Waals surface area contributed by atoms with Gasteiger partial charge in [-0.05, 0) is 66.7 Å². The first-order valence-electron chi connectivity index (χ1n) is 11.3. The van der Waals surface area contributed by atoms with Crippen molar-refractivity contribution < 1.29 is 32.9 Å². The molecule has 0 saturated carbocycles. The van der Waals surface area contributed by atoms with Gasteiger partial charge in [0.2, 0.25) is 0 Å². The highest BCUT2D eigenvalue weighted by Crippen LogP contribution is 2.14. The molecule has 6 nitrogen and oxygen atoms in total. The minimum Gasteiger partial charge on any atom is -0.462 e. The number of halogens is 1. The second-order valence-electron chi connectivity index (χ2n) is 7.31. The van der Waals surface area contributed by atoms with Crippen LogP contribution in [0.1, 0.15) is 22.3 Å². The quantitative estimate of drug-likeness (QED) is 0.162. The standard InChI is InChI=1S/C32H21FO6/c1-3-31(34)38-21-19-36-28-15-9-24(10-16-28)5-6-26-8-14-27(30(33)23-26)13-7-25-11-17-29(18-12-25)37-20-22-39-32(35)4-2/h3-4,8-12,14-23H,1-2H2. The summed E-state index contributed by atoms with van der Waals surface area (Å²) in [6, 6.07) is 18.2. The van der Waals surface area contributed by atoms with E-state index >= 15 is 0 Å². The maximum atomic E-state index is 14.6. The molecule has 3 aromatic rings. The predicted octanol–water partition coefficient (Wildman–Crippen LogP) is 5.78. The van der Waals surface area contributed by atoms with Crippen molar-refractivity contribution in [1.29, 1.82) is 0 Å². The van der Waals surface area contributed by atoms with Gasteiger partial charge in [-0.3, -0.25) is 0 Å². The number of hydrogen-bond donors (Lipinski definition) is 0. The lowest BCUT2D eigenvalue weighted by molar-refractivity contribution is -0.133. The summed E-state index contributed by atoms with van der Waals surface area (Å²) in [5.41, 5.74) is 2.10. The van der Waals surface area contributed by atoms with Crippen LogP contribution < -0.4 is 9.47 Å². The Morgan fingerprint density at radius 3 is 1.51 bits per heavy atom. The zero-order chi connectivity index (χ0) is 27.9. The van der Waals surface area contributed by atoms with E-state index in [1.54, 1.807) is 60.7 Å². The highest BCUT2D eigenvalue weighted by Gasteiger charge is 2.00. The van der Waals surface area contributed by atoms with E-state index in [2.05, 4.69) is 46.3 Å². The normalized spacial score (nSPS) is 9.97. The minimum absolute atomic E-state index is 0.237. The van der Waals surface area contributed by atoms with Gasteiger partial charge >= 0.3 is 11.9 Å². The molecule has 0 radical (unpaired) electrons. The third kappa shape index (κ3) is 9.64. The molecule has 0 unspecified atom stereocenters. The third-order valence-electron chi connectivity index (χ3n) is 4.59. The number of benzene rings is 3. The average Bonchev–Trinajstić information content (AvgIpc) is 2.96. The highest BCUT2D eigenvalue weighted by atomic mass is 19.1. The molecule has 0 spiro atoms. The van der Waals surface area contributed by atoms with Crippen LogP contribution in [0.25, 0.3) is 0 Å². The number of carbonyl (C=O) groups is 2. The highest BCUT2D eigenvalue weighted by molar-refractivity contribution is 5.82. The summed E-state index contributed by atoms with van der Waals surface area (Å²) in [7, 11) is 0. The van der Waals surface area contributed by atoms with Crippen LogP contribution in [0.15, 0.2) is 117 Å². The molecule has 0 aliphatic carbocycles. The van der Waals surface area contributed by atoms with Gasteiger partial charge < -0.3 is 18.9 Å². The van der Waals surface area contributed by atoms with Crippen molar-refractivity contribution in [2.45, 2.75) is 0 Å². The van der Waals surface area contributed by atoms with Crippen molar-refractivity contribution >= 4 is 11.9 Å². The topological polar surface area (TPSA) is 71.1 Å². The Morgan fingerprint density at radius 2 is 1.05 bits per heavy atom. The van der Waals surface area contributed by atoms with Crippen molar-refractivity contribution in [3.8, 4) is 35.2 Å².